The van der Waals surface area contributed by atoms with Crippen molar-refractivity contribution < 1.29 is 0 Å². The van der Waals surface area contributed by atoms with Crippen LogP contribution in [0.25, 0.3) is 10.7 Å². The number of thiophene rings is 1. The zero-order chi connectivity index (χ0) is 15.1. The normalized spacial score (nSPS) is 11.8. The topological polar surface area (TPSA) is 37.8 Å². The van der Waals surface area contributed by atoms with E-state index in [-0.39, 0.29) is 5.41 Å². The molecule has 0 aliphatic heterocycles. The lowest BCUT2D eigenvalue weighted by atomic mass is 9.92. The Balaban J connectivity index is 2.66. The maximum atomic E-state index is 4.79. The van der Waals surface area contributed by atoms with E-state index in [0.717, 1.165) is 34.0 Å². The van der Waals surface area contributed by atoms with Crippen LogP contribution in [0.2, 0.25) is 0 Å². The van der Waals surface area contributed by atoms with Crippen molar-refractivity contribution in [2.75, 3.05) is 12.4 Å². The van der Waals surface area contributed by atoms with Crippen LogP contribution in [0.3, 0.4) is 0 Å². The summed E-state index contributed by atoms with van der Waals surface area (Å²) in [6.07, 6.45) is 0. The molecule has 0 radical (unpaired) electrons. The summed E-state index contributed by atoms with van der Waals surface area (Å²) in [5, 5.41) is 3.16. The van der Waals surface area contributed by atoms with Crippen LogP contribution in [-0.2, 0) is 5.41 Å². The number of aromatic nitrogens is 2. The van der Waals surface area contributed by atoms with E-state index in [0.29, 0.717) is 0 Å². The minimum atomic E-state index is -0.0223. The molecule has 20 heavy (non-hydrogen) atoms. The fraction of sp³-hybridized carbons (Fsp3) is 0.385. The summed E-state index contributed by atoms with van der Waals surface area (Å²) in [7, 11) is 1.89. The van der Waals surface area contributed by atoms with E-state index < -0.39 is 0 Å². The Hall–Kier alpha value is 0.270. The van der Waals surface area contributed by atoms with Gasteiger partial charge in [-0.15, -0.1) is 11.3 Å². The molecule has 2 heterocycles. The smallest absolute Gasteiger partial charge is 0.172 e. The van der Waals surface area contributed by atoms with Gasteiger partial charge in [-0.25, -0.2) is 9.97 Å². The third kappa shape index (κ3) is 3.36. The first-order valence-electron chi connectivity index (χ1n) is 5.95. The summed E-state index contributed by atoms with van der Waals surface area (Å²) < 4.78 is 3.16. The summed E-state index contributed by atoms with van der Waals surface area (Å²) in [5.41, 5.74) is 1.04. The van der Waals surface area contributed by atoms with Crippen molar-refractivity contribution in [2.45, 2.75) is 26.2 Å². The van der Waals surface area contributed by atoms with Crippen LogP contribution < -0.4 is 5.32 Å². The monoisotopic (exact) mass is 529 g/mol. The minimum absolute atomic E-state index is 0.0223. The Labute approximate surface area is 153 Å². The van der Waals surface area contributed by atoms with Crippen LogP contribution in [0.1, 0.15) is 26.5 Å². The molecule has 0 aromatic carbocycles. The molecular weight excluding hydrogens is 517 g/mol. The van der Waals surface area contributed by atoms with Gasteiger partial charge in [-0.05, 0) is 60.5 Å². The van der Waals surface area contributed by atoms with Crippen LogP contribution >= 0.6 is 65.8 Å². The van der Waals surface area contributed by atoms with E-state index in [1.165, 1.54) is 0 Å². The quantitative estimate of drug-likeness (QED) is 0.508. The van der Waals surface area contributed by atoms with Gasteiger partial charge in [0.25, 0.3) is 0 Å². The lowest BCUT2D eigenvalue weighted by Crippen LogP contribution is -2.18. The van der Waals surface area contributed by atoms with E-state index in [1.54, 1.807) is 11.3 Å². The van der Waals surface area contributed by atoms with E-state index in [2.05, 4.69) is 85.5 Å². The number of anilines is 1. The largest absolute Gasteiger partial charge is 0.372 e. The van der Waals surface area contributed by atoms with Crippen molar-refractivity contribution in [3.8, 4) is 10.7 Å². The molecule has 7 heteroatoms. The van der Waals surface area contributed by atoms with Gasteiger partial charge in [-0.2, -0.15) is 0 Å². The van der Waals surface area contributed by atoms with Gasteiger partial charge in [0.05, 0.1) is 17.9 Å². The Morgan fingerprint density at radius 2 is 1.90 bits per heavy atom. The first-order valence-corrected chi connectivity index (χ1v) is 9.43. The van der Waals surface area contributed by atoms with Gasteiger partial charge in [0.2, 0.25) is 0 Å². The Kier molecular flexibility index (Phi) is 5.14. The van der Waals surface area contributed by atoms with Crippen molar-refractivity contribution in [2.24, 2.45) is 0 Å². The molecule has 108 valence electrons. The molecule has 1 N–H and O–H groups in total. The number of nitrogens with one attached hydrogen (secondary N) is 1. The lowest BCUT2D eigenvalue weighted by molar-refractivity contribution is 0.564. The highest BCUT2D eigenvalue weighted by molar-refractivity contribution is 14.1. The number of hydrogen-bond acceptors (Lipinski definition) is 4. The first-order chi connectivity index (χ1) is 9.24. The highest BCUT2D eigenvalue weighted by Gasteiger charge is 2.24. The van der Waals surface area contributed by atoms with Crippen LogP contribution in [-0.4, -0.2) is 17.0 Å². The molecule has 0 aliphatic rings. The molecule has 0 spiro atoms. The highest BCUT2D eigenvalue weighted by Crippen LogP contribution is 2.39. The van der Waals surface area contributed by atoms with Gasteiger partial charge in [-0.3, -0.25) is 0 Å². The molecule has 0 fully saturated rings. The second-order valence-electron chi connectivity index (χ2n) is 5.29. The minimum Gasteiger partial charge on any atom is -0.372 e. The van der Waals surface area contributed by atoms with E-state index in [4.69, 9.17) is 4.98 Å². The zero-order valence-corrected chi connectivity index (χ0v) is 17.7. The Morgan fingerprint density at radius 1 is 1.25 bits per heavy atom. The molecule has 2 aromatic heterocycles. The molecule has 0 saturated carbocycles. The molecular formula is C13H14Br2IN3S. The highest BCUT2D eigenvalue weighted by atomic mass is 127. The average Bonchev–Trinajstić information content (AvgIpc) is 2.68. The molecule has 3 nitrogen and oxygen atoms in total. The maximum absolute atomic E-state index is 4.79. The number of nitrogens with zero attached hydrogens (tertiary/aromatic N) is 2. The summed E-state index contributed by atoms with van der Waals surface area (Å²) in [4.78, 5) is 10.5. The molecule has 0 aliphatic carbocycles. The predicted molar refractivity (Wildman–Crippen MR) is 102 cm³/mol. The average molecular weight is 531 g/mol. The summed E-state index contributed by atoms with van der Waals surface area (Å²) in [6.45, 7) is 6.50. The summed E-state index contributed by atoms with van der Waals surface area (Å²) >= 11 is 11.0. The third-order valence-corrected chi connectivity index (χ3v) is 6.94. The van der Waals surface area contributed by atoms with Gasteiger partial charge in [0.1, 0.15) is 5.82 Å². The van der Waals surface area contributed by atoms with Crippen molar-refractivity contribution in [1.29, 1.82) is 0 Å². The van der Waals surface area contributed by atoms with Crippen LogP contribution in [0, 0.1) is 3.57 Å². The van der Waals surface area contributed by atoms with Gasteiger partial charge in [0.15, 0.2) is 5.82 Å². The van der Waals surface area contributed by atoms with E-state index in [9.17, 15) is 0 Å². The van der Waals surface area contributed by atoms with E-state index in [1.807, 2.05) is 13.1 Å². The van der Waals surface area contributed by atoms with Gasteiger partial charge < -0.3 is 5.32 Å². The standard InChI is InChI=1S/C13H14Br2IN3S/c1-13(2,3)9-8(16)12(17-4)19-11(18-9)7-5-6(14)10(15)20-7/h5H,1-4H3,(H,17,18,19). The second kappa shape index (κ2) is 6.18. The zero-order valence-electron chi connectivity index (χ0n) is 11.5. The predicted octanol–water partition coefficient (Wildman–Crippen LogP) is 5.67. The van der Waals surface area contributed by atoms with Gasteiger partial charge in [-0.1, -0.05) is 20.8 Å². The second-order valence-corrected chi connectivity index (χ2v) is 9.59. The maximum Gasteiger partial charge on any atom is 0.172 e. The molecule has 2 aromatic rings. The number of hydrogen-bond donors (Lipinski definition) is 1. The van der Waals surface area contributed by atoms with Crippen molar-refractivity contribution >= 4 is 71.6 Å². The fourth-order valence-corrected chi connectivity index (χ4v) is 4.97. The summed E-state index contributed by atoms with van der Waals surface area (Å²) in [5.74, 6) is 1.64. The van der Waals surface area contributed by atoms with Gasteiger partial charge >= 0.3 is 0 Å². The van der Waals surface area contributed by atoms with Gasteiger partial charge in [0, 0.05) is 16.9 Å². The SMILES string of the molecule is CNc1nc(-c2cc(Br)c(Br)s2)nc(C(C)(C)C)c1I. The van der Waals surface area contributed by atoms with Crippen LogP contribution in [0.4, 0.5) is 5.82 Å². The molecule has 2 rings (SSSR count). The first kappa shape index (κ1) is 16.6. The third-order valence-electron chi connectivity index (χ3n) is 2.66. The van der Waals surface area contributed by atoms with Crippen molar-refractivity contribution in [1.82, 2.24) is 9.97 Å². The lowest BCUT2D eigenvalue weighted by Gasteiger charge is -2.21. The molecule has 0 bridgehead atoms. The molecule has 0 amide bonds. The molecule has 0 saturated heterocycles. The van der Waals surface area contributed by atoms with Crippen molar-refractivity contribution in [3.05, 3.63) is 23.6 Å². The molecule has 0 unspecified atom stereocenters. The number of rotatable bonds is 2. The summed E-state index contributed by atoms with van der Waals surface area (Å²) in [6, 6.07) is 2.04. The van der Waals surface area contributed by atoms with Crippen LogP contribution in [0.15, 0.2) is 14.3 Å². The Bertz CT molecular complexity index is 630. The molecule has 0 atom stereocenters. The fourth-order valence-electron chi connectivity index (χ4n) is 1.68. The van der Waals surface area contributed by atoms with E-state index >= 15 is 0 Å². The number of halogens is 3. The Morgan fingerprint density at radius 3 is 2.35 bits per heavy atom. The van der Waals surface area contributed by atoms with Crippen LogP contribution in [0.5, 0.6) is 0 Å². The van der Waals surface area contributed by atoms with Crippen molar-refractivity contribution in [3.63, 3.8) is 0 Å².